The summed E-state index contributed by atoms with van der Waals surface area (Å²) < 4.78 is 6.68. The Kier molecular flexibility index (Phi) is 5.02. The van der Waals surface area contributed by atoms with Crippen LogP contribution in [0.3, 0.4) is 0 Å². The van der Waals surface area contributed by atoms with Crippen molar-refractivity contribution in [2.45, 2.75) is 26.3 Å². The Morgan fingerprint density at radius 1 is 1.19 bits per heavy atom. The molecule has 1 amide bonds. The number of methoxy groups -OCH3 is 1. The number of benzene rings is 2. The Bertz CT molecular complexity index is 991. The van der Waals surface area contributed by atoms with Crippen molar-refractivity contribution in [1.82, 2.24) is 9.55 Å². The fraction of sp³-hybridized carbons (Fsp3) is 0.250. The van der Waals surface area contributed by atoms with E-state index in [9.17, 15) is 9.59 Å². The Hall–Kier alpha value is -3.15. The third-order valence-electron chi connectivity index (χ3n) is 4.15. The van der Waals surface area contributed by atoms with E-state index in [0.29, 0.717) is 16.6 Å². The number of aromatic nitrogens is 2. The highest BCUT2D eigenvalue weighted by Gasteiger charge is 2.09. The number of fused-ring (bicyclic) bond motifs is 1. The summed E-state index contributed by atoms with van der Waals surface area (Å²) in [6, 6.07) is 12.5. The van der Waals surface area contributed by atoms with E-state index < -0.39 is 0 Å². The molecule has 3 rings (SSSR count). The molecule has 0 atom stereocenters. The molecular weight excluding hydrogens is 330 g/mol. The van der Waals surface area contributed by atoms with E-state index in [1.54, 1.807) is 36.2 Å². The number of hydrogen-bond acceptors (Lipinski definition) is 4. The normalized spacial score (nSPS) is 10.9. The Balaban J connectivity index is 1.80. The molecule has 3 aromatic rings. The van der Waals surface area contributed by atoms with E-state index in [-0.39, 0.29) is 23.9 Å². The maximum absolute atomic E-state index is 12.6. The third kappa shape index (κ3) is 3.74. The van der Waals surface area contributed by atoms with Gasteiger partial charge in [0.05, 0.1) is 30.8 Å². The predicted molar refractivity (Wildman–Crippen MR) is 102 cm³/mol. The molecule has 0 aliphatic carbocycles. The number of carbonyl (C=O) groups is 1. The highest BCUT2D eigenvalue weighted by molar-refractivity contribution is 5.94. The quantitative estimate of drug-likeness (QED) is 0.766. The van der Waals surface area contributed by atoms with Crippen LogP contribution in [0.25, 0.3) is 10.9 Å². The minimum Gasteiger partial charge on any atom is -0.497 e. The highest BCUT2D eigenvalue weighted by Crippen LogP contribution is 2.16. The molecule has 0 fully saturated rings. The lowest BCUT2D eigenvalue weighted by molar-refractivity contribution is -0.115. The van der Waals surface area contributed by atoms with Crippen LogP contribution in [0.15, 0.2) is 53.6 Å². The van der Waals surface area contributed by atoms with Gasteiger partial charge in [0.15, 0.2) is 0 Å². The second-order valence-electron chi connectivity index (χ2n) is 6.36. The third-order valence-corrected chi connectivity index (χ3v) is 4.15. The zero-order valence-corrected chi connectivity index (χ0v) is 15.0. The van der Waals surface area contributed by atoms with E-state index in [1.807, 2.05) is 38.1 Å². The van der Waals surface area contributed by atoms with E-state index in [0.717, 1.165) is 11.3 Å². The second-order valence-corrected chi connectivity index (χ2v) is 6.36. The van der Waals surface area contributed by atoms with Gasteiger partial charge in [0.25, 0.3) is 5.56 Å². The van der Waals surface area contributed by atoms with Crippen LogP contribution in [-0.2, 0) is 11.2 Å². The van der Waals surface area contributed by atoms with Gasteiger partial charge in [0.2, 0.25) is 5.91 Å². The molecule has 0 aliphatic rings. The molecule has 26 heavy (non-hydrogen) atoms. The van der Waals surface area contributed by atoms with Gasteiger partial charge in [0, 0.05) is 11.7 Å². The fourth-order valence-corrected chi connectivity index (χ4v) is 2.72. The molecule has 2 aromatic carbocycles. The number of amides is 1. The molecular formula is C20H21N3O3. The summed E-state index contributed by atoms with van der Waals surface area (Å²) in [4.78, 5) is 29.2. The van der Waals surface area contributed by atoms with Crippen LogP contribution >= 0.6 is 0 Å². The average molecular weight is 351 g/mol. The molecule has 0 bridgehead atoms. The van der Waals surface area contributed by atoms with Gasteiger partial charge in [-0.1, -0.05) is 12.1 Å². The van der Waals surface area contributed by atoms with Crippen molar-refractivity contribution in [3.05, 3.63) is 64.7 Å². The smallest absolute Gasteiger partial charge is 0.261 e. The molecule has 0 saturated heterocycles. The zero-order valence-electron chi connectivity index (χ0n) is 15.0. The van der Waals surface area contributed by atoms with E-state index in [4.69, 9.17) is 4.74 Å². The number of nitrogens with one attached hydrogen (secondary N) is 1. The molecule has 0 aliphatic heterocycles. The maximum Gasteiger partial charge on any atom is 0.261 e. The summed E-state index contributed by atoms with van der Waals surface area (Å²) in [5.74, 6) is 0.597. The maximum atomic E-state index is 12.6. The SMILES string of the molecule is COc1ccc(CC(=O)Nc2ccc3ncn(C(C)C)c(=O)c3c2)cc1. The van der Waals surface area contributed by atoms with Crippen LogP contribution in [0.1, 0.15) is 25.5 Å². The summed E-state index contributed by atoms with van der Waals surface area (Å²) in [5, 5.41) is 3.33. The van der Waals surface area contributed by atoms with Crippen LogP contribution in [-0.4, -0.2) is 22.6 Å². The monoisotopic (exact) mass is 351 g/mol. The molecule has 1 heterocycles. The van der Waals surface area contributed by atoms with E-state index in [2.05, 4.69) is 10.3 Å². The Morgan fingerprint density at radius 3 is 2.58 bits per heavy atom. The van der Waals surface area contributed by atoms with E-state index >= 15 is 0 Å². The van der Waals surface area contributed by atoms with Gasteiger partial charge in [-0.25, -0.2) is 4.98 Å². The van der Waals surface area contributed by atoms with Crippen molar-refractivity contribution in [1.29, 1.82) is 0 Å². The molecule has 6 nitrogen and oxygen atoms in total. The molecule has 1 N–H and O–H groups in total. The molecule has 1 aromatic heterocycles. The standard InChI is InChI=1S/C20H21N3O3/c1-13(2)23-12-21-18-9-6-15(11-17(18)20(23)25)22-19(24)10-14-4-7-16(26-3)8-5-14/h4-9,11-13H,10H2,1-3H3,(H,22,24). The minimum absolute atomic E-state index is 0.0210. The number of anilines is 1. The first-order valence-corrected chi connectivity index (χ1v) is 8.41. The molecule has 0 saturated carbocycles. The summed E-state index contributed by atoms with van der Waals surface area (Å²) in [6.45, 7) is 3.85. The molecule has 134 valence electrons. The van der Waals surface area contributed by atoms with Crippen LogP contribution in [0.5, 0.6) is 5.75 Å². The van der Waals surface area contributed by atoms with Crippen molar-refractivity contribution in [3.8, 4) is 5.75 Å². The predicted octanol–water partition coefficient (Wildman–Crippen LogP) is 3.17. The topological polar surface area (TPSA) is 73.2 Å². The van der Waals surface area contributed by atoms with Crippen molar-refractivity contribution < 1.29 is 9.53 Å². The molecule has 0 unspecified atom stereocenters. The molecule has 0 spiro atoms. The first kappa shape index (κ1) is 17.7. The first-order valence-electron chi connectivity index (χ1n) is 8.41. The lowest BCUT2D eigenvalue weighted by Crippen LogP contribution is -2.22. The lowest BCUT2D eigenvalue weighted by atomic mass is 10.1. The van der Waals surface area contributed by atoms with Gasteiger partial charge < -0.3 is 10.1 Å². The van der Waals surface area contributed by atoms with Crippen LogP contribution in [0.4, 0.5) is 5.69 Å². The summed E-state index contributed by atoms with van der Waals surface area (Å²) >= 11 is 0. The lowest BCUT2D eigenvalue weighted by Gasteiger charge is -2.11. The summed E-state index contributed by atoms with van der Waals surface area (Å²) in [5.41, 5.74) is 1.96. The van der Waals surface area contributed by atoms with Crippen LogP contribution in [0, 0.1) is 0 Å². The van der Waals surface area contributed by atoms with Crippen molar-refractivity contribution in [2.75, 3.05) is 12.4 Å². The van der Waals surface area contributed by atoms with Gasteiger partial charge >= 0.3 is 0 Å². The van der Waals surface area contributed by atoms with Crippen molar-refractivity contribution >= 4 is 22.5 Å². The number of rotatable bonds is 5. The van der Waals surface area contributed by atoms with Gasteiger partial charge in [-0.05, 0) is 49.7 Å². The molecule has 6 heteroatoms. The van der Waals surface area contributed by atoms with Crippen molar-refractivity contribution in [2.24, 2.45) is 0 Å². The number of carbonyl (C=O) groups excluding carboxylic acids is 1. The second kappa shape index (κ2) is 7.39. The average Bonchev–Trinajstić information content (AvgIpc) is 2.62. The zero-order chi connectivity index (χ0) is 18.7. The van der Waals surface area contributed by atoms with Crippen molar-refractivity contribution in [3.63, 3.8) is 0 Å². The number of nitrogens with zero attached hydrogens (tertiary/aromatic N) is 2. The van der Waals surface area contributed by atoms with Gasteiger partial charge in [-0.2, -0.15) is 0 Å². The fourth-order valence-electron chi connectivity index (χ4n) is 2.72. The Labute approximate surface area is 151 Å². The van der Waals surface area contributed by atoms with Gasteiger partial charge in [-0.15, -0.1) is 0 Å². The number of hydrogen-bond donors (Lipinski definition) is 1. The van der Waals surface area contributed by atoms with Crippen LogP contribution < -0.4 is 15.6 Å². The Morgan fingerprint density at radius 2 is 1.92 bits per heavy atom. The highest BCUT2D eigenvalue weighted by atomic mass is 16.5. The van der Waals surface area contributed by atoms with Gasteiger partial charge in [0.1, 0.15) is 5.75 Å². The summed E-state index contributed by atoms with van der Waals surface area (Å²) in [6.07, 6.45) is 1.79. The number of ether oxygens (including phenoxy) is 1. The van der Waals surface area contributed by atoms with Gasteiger partial charge in [-0.3, -0.25) is 14.2 Å². The first-order chi connectivity index (χ1) is 12.5. The minimum atomic E-state index is -0.150. The molecule has 0 radical (unpaired) electrons. The summed E-state index contributed by atoms with van der Waals surface area (Å²) in [7, 11) is 1.60. The van der Waals surface area contributed by atoms with Crippen LogP contribution in [0.2, 0.25) is 0 Å². The van der Waals surface area contributed by atoms with E-state index in [1.165, 1.54) is 0 Å². The largest absolute Gasteiger partial charge is 0.497 e.